The lowest BCUT2D eigenvalue weighted by Crippen LogP contribution is -2.55. The van der Waals surface area contributed by atoms with Gasteiger partial charge in [-0.3, -0.25) is 4.79 Å². The number of hydrogen-bond acceptors (Lipinski definition) is 11. The van der Waals surface area contributed by atoms with Crippen LogP contribution in [0.1, 0.15) is 0 Å². The Bertz CT molecular complexity index is 1200. The fourth-order valence-electron chi connectivity index (χ4n) is 3.26. The van der Waals surface area contributed by atoms with Crippen LogP contribution in [0.5, 0.6) is 28.7 Å². The molecule has 11 nitrogen and oxygen atoms in total. The molecule has 1 fully saturated rings. The molecule has 31 heavy (non-hydrogen) atoms. The Morgan fingerprint density at radius 2 is 1.61 bits per heavy atom. The third kappa shape index (κ3) is 3.59. The first-order valence-corrected chi connectivity index (χ1v) is 9.05. The zero-order valence-electron chi connectivity index (χ0n) is 15.7. The molecule has 2 aromatic carbocycles. The van der Waals surface area contributed by atoms with E-state index in [-0.39, 0.29) is 28.0 Å². The van der Waals surface area contributed by atoms with E-state index in [0.29, 0.717) is 0 Å². The molecule has 0 aliphatic carbocycles. The summed E-state index contributed by atoms with van der Waals surface area (Å²) in [6, 6.07) is 5.38. The summed E-state index contributed by atoms with van der Waals surface area (Å²) in [5, 5.41) is 68.9. The molecule has 3 aromatic rings. The van der Waals surface area contributed by atoms with Gasteiger partial charge in [0.25, 0.3) is 0 Å². The standard InChI is InChI=1S/C20H18O11/c21-7-1-2-9(10(23)3-7)18-19(31-20-17(28)15(26)12(25)6-29-20)16(27)14-11(24)4-8(22)5-13(14)30-18/h1-5,12,15,17,20-26,28H,6H2. The van der Waals surface area contributed by atoms with Gasteiger partial charge in [0, 0.05) is 18.2 Å². The van der Waals surface area contributed by atoms with Crippen molar-refractivity contribution in [1.82, 2.24) is 0 Å². The van der Waals surface area contributed by atoms with E-state index in [4.69, 9.17) is 13.9 Å². The third-order valence-electron chi connectivity index (χ3n) is 4.83. The van der Waals surface area contributed by atoms with E-state index in [0.717, 1.165) is 18.2 Å². The second-order valence-electron chi connectivity index (χ2n) is 7.00. The number of aliphatic hydroxyl groups is 3. The molecule has 1 aliphatic heterocycles. The maximum atomic E-state index is 13.2. The number of rotatable bonds is 3. The summed E-state index contributed by atoms with van der Waals surface area (Å²) in [6.45, 7) is -0.402. The number of phenols is 4. The highest BCUT2D eigenvalue weighted by atomic mass is 16.7. The molecule has 1 saturated heterocycles. The van der Waals surface area contributed by atoms with E-state index in [2.05, 4.69) is 0 Å². The molecule has 1 aliphatic rings. The second-order valence-corrected chi connectivity index (χ2v) is 7.00. The van der Waals surface area contributed by atoms with Crippen molar-refractivity contribution in [3.63, 3.8) is 0 Å². The van der Waals surface area contributed by atoms with E-state index in [9.17, 15) is 40.5 Å². The van der Waals surface area contributed by atoms with Crippen LogP contribution in [0.4, 0.5) is 0 Å². The Kier molecular flexibility index (Phi) is 5.11. The Balaban J connectivity index is 1.93. The first-order valence-electron chi connectivity index (χ1n) is 9.05. The van der Waals surface area contributed by atoms with E-state index < -0.39 is 59.6 Å². The summed E-state index contributed by atoms with van der Waals surface area (Å²) in [5.41, 5.74) is -1.27. The number of hydrogen-bond donors (Lipinski definition) is 7. The molecule has 0 radical (unpaired) electrons. The molecule has 0 bridgehead atoms. The molecule has 7 N–H and O–H groups in total. The Morgan fingerprint density at radius 3 is 2.32 bits per heavy atom. The van der Waals surface area contributed by atoms with Crippen molar-refractivity contribution in [2.45, 2.75) is 24.6 Å². The molecule has 1 aromatic heterocycles. The van der Waals surface area contributed by atoms with Gasteiger partial charge in [0.2, 0.25) is 17.5 Å². The molecular weight excluding hydrogens is 416 g/mol. The molecule has 4 rings (SSSR count). The van der Waals surface area contributed by atoms with Crippen molar-refractivity contribution in [3.8, 4) is 40.1 Å². The molecule has 2 heterocycles. The summed E-state index contributed by atoms with van der Waals surface area (Å²) >= 11 is 0. The van der Waals surface area contributed by atoms with Gasteiger partial charge in [-0.05, 0) is 12.1 Å². The maximum Gasteiger partial charge on any atom is 0.239 e. The summed E-state index contributed by atoms with van der Waals surface area (Å²) in [6.07, 6.45) is -6.35. The quantitative estimate of drug-likeness (QED) is 0.296. The van der Waals surface area contributed by atoms with Crippen LogP contribution in [-0.4, -0.2) is 67.0 Å². The van der Waals surface area contributed by atoms with E-state index in [1.165, 1.54) is 12.1 Å². The summed E-state index contributed by atoms with van der Waals surface area (Å²) in [4.78, 5) is 13.2. The zero-order chi connectivity index (χ0) is 22.4. The smallest absolute Gasteiger partial charge is 0.239 e. The highest BCUT2D eigenvalue weighted by Gasteiger charge is 2.40. The minimum absolute atomic E-state index is 0.0967. The summed E-state index contributed by atoms with van der Waals surface area (Å²) < 4.78 is 16.3. The second kappa shape index (κ2) is 7.63. The fraction of sp³-hybridized carbons (Fsp3) is 0.250. The first-order chi connectivity index (χ1) is 14.7. The summed E-state index contributed by atoms with van der Waals surface area (Å²) in [5.74, 6) is -2.73. The van der Waals surface area contributed by atoms with Gasteiger partial charge < -0.3 is 49.6 Å². The van der Waals surface area contributed by atoms with Crippen molar-refractivity contribution in [2.24, 2.45) is 0 Å². The number of aliphatic hydroxyl groups excluding tert-OH is 3. The Hall–Kier alpha value is -3.51. The normalized spacial score (nSPS) is 23.7. The monoisotopic (exact) mass is 434 g/mol. The van der Waals surface area contributed by atoms with Crippen LogP contribution in [-0.2, 0) is 4.74 Å². The van der Waals surface area contributed by atoms with Crippen molar-refractivity contribution >= 4 is 11.0 Å². The lowest BCUT2D eigenvalue weighted by molar-refractivity contribution is -0.242. The molecule has 11 heteroatoms. The van der Waals surface area contributed by atoms with Gasteiger partial charge in [-0.15, -0.1) is 0 Å². The fourth-order valence-corrected chi connectivity index (χ4v) is 3.26. The predicted molar refractivity (Wildman–Crippen MR) is 103 cm³/mol. The van der Waals surface area contributed by atoms with Crippen LogP contribution in [0.15, 0.2) is 39.5 Å². The molecule has 0 saturated carbocycles. The van der Waals surface area contributed by atoms with E-state index >= 15 is 0 Å². The van der Waals surface area contributed by atoms with E-state index in [1.54, 1.807) is 0 Å². The van der Waals surface area contributed by atoms with Gasteiger partial charge in [-0.2, -0.15) is 0 Å². The minimum Gasteiger partial charge on any atom is -0.508 e. The van der Waals surface area contributed by atoms with Crippen LogP contribution in [0.3, 0.4) is 0 Å². The minimum atomic E-state index is -1.74. The van der Waals surface area contributed by atoms with Gasteiger partial charge >= 0.3 is 0 Å². The van der Waals surface area contributed by atoms with Gasteiger partial charge in [0.05, 0.1) is 12.2 Å². The first kappa shape index (κ1) is 20.8. The molecule has 4 atom stereocenters. The zero-order valence-corrected chi connectivity index (χ0v) is 15.7. The molecule has 164 valence electrons. The third-order valence-corrected chi connectivity index (χ3v) is 4.83. The molecular formula is C20H18O11. The van der Waals surface area contributed by atoms with Crippen molar-refractivity contribution < 1.29 is 49.6 Å². The van der Waals surface area contributed by atoms with Crippen molar-refractivity contribution in [2.75, 3.05) is 6.61 Å². The predicted octanol–water partition coefficient (Wildman–Crippen LogP) is 0.100. The molecule has 0 amide bonds. The van der Waals surface area contributed by atoms with Crippen LogP contribution in [0.2, 0.25) is 0 Å². The maximum absolute atomic E-state index is 13.2. The lowest BCUT2D eigenvalue weighted by atomic mass is 10.1. The number of benzene rings is 2. The van der Waals surface area contributed by atoms with Crippen LogP contribution in [0.25, 0.3) is 22.3 Å². The highest BCUT2D eigenvalue weighted by Crippen LogP contribution is 2.40. The molecule has 0 spiro atoms. The average molecular weight is 434 g/mol. The number of fused-ring (bicyclic) bond motifs is 1. The van der Waals surface area contributed by atoms with Crippen LogP contribution < -0.4 is 10.2 Å². The largest absolute Gasteiger partial charge is 0.508 e. The molecule has 4 unspecified atom stereocenters. The topological polar surface area (TPSA) is 190 Å². The van der Waals surface area contributed by atoms with Crippen LogP contribution in [0, 0.1) is 0 Å². The lowest BCUT2D eigenvalue weighted by Gasteiger charge is -2.34. The summed E-state index contributed by atoms with van der Waals surface area (Å²) in [7, 11) is 0. The van der Waals surface area contributed by atoms with Gasteiger partial charge in [0.15, 0.2) is 5.76 Å². The number of aromatic hydroxyl groups is 4. The SMILES string of the molecule is O=c1c(OC2OCC(O)C(O)C2O)c(-c2ccc(O)cc2O)oc2cc(O)cc(O)c12. The average Bonchev–Trinajstić information content (AvgIpc) is 2.69. The number of ether oxygens (including phenoxy) is 2. The van der Waals surface area contributed by atoms with Crippen molar-refractivity contribution in [1.29, 1.82) is 0 Å². The number of phenolic OH excluding ortho intramolecular Hbond substituents is 4. The van der Waals surface area contributed by atoms with Gasteiger partial charge in [-0.25, -0.2) is 0 Å². The van der Waals surface area contributed by atoms with Gasteiger partial charge in [0.1, 0.15) is 52.3 Å². The van der Waals surface area contributed by atoms with E-state index in [1.807, 2.05) is 0 Å². The Morgan fingerprint density at radius 1 is 0.903 bits per heavy atom. The highest BCUT2D eigenvalue weighted by molar-refractivity contribution is 5.88. The van der Waals surface area contributed by atoms with Gasteiger partial charge in [-0.1, -0.05) is 0 Å². The Labute approximate surface area is 173 Å². The van der Waals surface area contributed by atoms with Crippen molar-refractivity contribution in [3.05, 3.63) is 40.6 Å². The van der Waals surface area contributed by atoms with Crippen LogP contribution >= 0.6 is 0 Å².